The lowest BCUT2D eigenvalue weighted by Gasteiger charge is -2.34. The molecule has 0 radical (unpaired) electrons. The molecule has 0 spiro atoms. The van der Waals surface area contributed by atoms with Crippen molar-refractivity contribution in [2.45, 2.75) is 32.4 Å². The van der Waals surface area contributed by atoms with Crippen LogP contribution in [0.25, 0.3) is 0 Å². The zero-order valence-corrected chi connectivity index (χ0v) is 12.4. The molecular formula is C15H23FN4O. The van der Waals surface area contributed by atoms with Crippen molar-refractivity contribution in [1.82, 2.24) is 15.6 Å². The molecule has 5 nitrogen and oxygen atoms in total. The maximum absolute atomic E-state index is 14.0. The highest BCUT2D eigenvalue weighted by Gasteiger charge is 2.21. The van der Waals surface area contributed by atoms with Crippen LogP contribution in [0.5, 0.6) is 0 Å². The summed E-state index contributed by atoms with van der Waals surface area (Å²) >= 11 is 0. The smallest absolute Gasteiger partial charge is 0.265 e. The standard InChI is InChI=1S/C15H23FN4O/c1-2-20(13-5-7-18-8-6-13)10-12-9-11(15(21)19-17)3-4-14(12)16/h3-4,9,13,18H,2,5-8,10,17H2,1H3,(H,19,21). The van der Waals surface area contributed by atoms with Gasteiger partial charge in [0.1, 0.15) is 5.82 Å². The normalized spacial score (nSPS) is 16.2. The van der Waals surface area contributed by atoms with Crippen molar-refractivity contribution >= 4 is 5.91 Å². The molecule has 1 fully saturated rings. The molecule has 0 saturated carbocycles. The monoisotopic (exact) mass is 294 g/mol. The van der Waals surface area contributed by atoms with Gasteiger partial charge in [0, 0.05) is 23.7 Å². The van der Waals surface area contributed by atoms with Gasteiger partial charge in [-0.25, -0.2) is 10.2 Å². The van der Waals surface area contributed by atoms with Crippen LogP contribution in [0.1, 0.15) is 35.7 Å². The lowest BCUT2D eigenvalue weighted by atomic mass is 10.0. The van der Waals surface area contributed by atoms with E-state index in [1.807, 2.05) is 0 Å². The number of benzene rings is 1. The van der Waals surface area contributed by atoms with Gasteiger partial charge >= 0.3 is 0 Å². The summed E-state index contributed by atoms with van der Waals surface area (Å²) in [7, 11) is 0. The van der Waals surface area contributed by atoms with Gasteiger partial charge < -0.3 is 5.32 Å². The Bertz CT molecular complexity index is 489. The molecule has 4 N–H and O–H groups in total. The van der Waals surface area contributed by atoms with Gasteiger partial charge in [-0.3, -0.25) is 15.1 Å². The molecule has 2 rings (SSSR count). The predicted octanol–water partition coefficient (Wildman–Crippen LogP) is 1.00. The van der Waals surface area contributed by atoms with Gasteiger partial charge in [0.25, 0.3) is 5.91 Å². The fraction of sp³-hybridized carbons (Fsp3) is 0.533. The minimum absolute atomic E-state index is 0.282. The van der Waals surface area contributed by atoms with E-state index in [4.69, 9.17) is 5.84 Å². The van der Waals surface area contributed by atoms with Gasteiger partial charge in [0.15, 0.2) is 0 Å². The van der Waals surface area contributed by atoms with E-state index in [1.54, 1.807) is 6.07 Å². The van der Waals surface area contributed by atoms with E-state index < -0.39 is 5.91 Å². The molecule has 1 aromatic rings. The zero-order chi connectivity index (χ0) is 15.2. The molecule has 1 amide bonds. The first-order valence-electron chi connectivity index (χ1n) is 7.39. The second-order valence-electron chi connectivity index (χ2n) is 5.32. The maximum Gasteiger partial charge on any atom is 0.265 e. The first-order valence-corrected chi connectivity index (χ1v) is 7.39. The van der Waals surface area contributed by atoms with Crippen LogP contribution in [0.4, 0.5) is 4.39 Å². The number of hydrazine groups is 1. The van der Waals surface area contributed by atoms with Crippen molar-refractivity contribution < 1.29 is 9.18 Å². The van der Waals surface area contributed by atoms with E-state index >= 15 is 0 Å². The van der Waals surface area contributed by atoms with E-state index in [0.717, 1.165) is 32.5 Å². The topological polar surface area (TPSA) is 70.4 Å². The molecule has 1 saturated heterocycles. The van der Waals surface area contributed by atoms with E-state index in [2.05, 4.69) is 22.6 Å². The molecule has 1 aromatic carbocycles. The van der Waals surface area contributed by atoms with E-state index in [9.17, 15) is 9.18 Å². The second-order valence-corrected chi connectivity index (χ2v) is 5.32. The van der Waals surface area contributed by atoms with E-state index in [1.165, 1.54) is 12.1 Å². The number of hydrogen-bond donors (Lipinski definition) is 3. The van der Waals surface area contributed by atoms with Crippen LogP contribution < -0.4 is 16.6 Å². The number of hydrogen-bond acceptors (Lipinski definition) is 4. The number of carbonyl (C=O) groups excluding carboxylic acids is 1. The molecule has 1 heterocycles. The largest absolute Gasteiger partial charge is 0.317 e. The number of nitrogen functional groups attached to an aromatic ring is 1. The number of nitrogens with two attached hydrogens (primary N) is 1. The number of carbonyl (C=O) groups is 1. The van der Waals surface area contributed by atoms with Crippen molar-refractivity contribution in [2.24, 2.45) is 5.84 Å². The van der Waals surface area contributed by atoms with Gasteiger partial charge in [-0.1, -0.05) is 6.92 Å². The minimum Gasteiger partial charge on any atom is -0.317 e. The van der Waals surface area contributed by atoms with Gasteiger partial charge in [-0.15, -0.1) is 0 Å². The van der Waals surface area contributed by atoms with Crippen molar-refractivity contribution in [3.8, 4) is 0 Å². The van der Waals surface area contributed by atoms with E-state index in [-0.39, 0.29) is 5.82 Å². The average Bonchev–Trinajstić information content (AvgIpc) is 2.54. The Hall–Kier alpha value is -1.50. The van der Waals surface area contributed by atoms with Crippen LogP contribution in [-0.4, -0.2) is 36.5 Å². The lowest BCUT2D eigenvalue weighted by molar-refractivity contribution is 0.0953. The summed E-state index contributed by atoms with van der Waals surface area (Å²) < 4.78 is 14.0. The Morgan fingerprint density at radius 2 is 2.19 bits per heavy atom. The quantitative estimate of drug-likeness (QED) is 0.430. The summed E-state index contributed by atoms with van der Waals surface area (Å²) in [6, 6.07) is 4.82. The van der Waals surface area contributed by atoms with Crippen LogP contribution in [0.15, 0.2) is 18.2 Å². The van der Waals surface area contributed by atoms with Crippen LogP contribution in [0, 0.1) is 5.82 Å². The number of nitrogens with zero attached hydrogens (tertiary/aromatic N) is 1. The highest BCUT2D eigenvalue weighted by Crippen LogP contribution is 2.18. The molecule has 0 aromatic heterocycles. The fourth-order valence-electron chi connectivity index (χ4n) is 2.81. The van der Waals surface area contributed by atoms with Gasteiger partial charge in [-0.2, -0.15) is 0 Å². The number of nitrogens with one attached hydrogen (secondary N) is 2. The minimum atomic E-state index is -0.402. The highest BCUT2D eigenvalue weighted by atomic mass is 19.1. The summed E-state index contributed by atoms with van der Waals surface area (Å²) in [5.41, 5.74) is 3.00. The molecule has 0 bridgehead atoms. The van der Waals surface area contributed by atoms with Crippen molar-refractivity contribution in [3.05, 3.63) is 35.1 Å². The summed E-state index contributed by atoms with van der Waals surface area (Å²) in [6.45, 7) is 5.45. The maximum atomic E-state index is 14.0. The Kier molecular flexibility index (Phi) is 5.67. The van der Waals surface area contributed by atoms with Gasteiger partial charge in [-0.05, 0) is 50.7 Å². The molecule has 116 valence electrons. The number of piperidine rings is 1. The van der Waals surface area contributed by atoms with Crippen LogP contribution >= 0.6 is 0 Å². The van der Waals surface area contributed by atoms with Crippen molar-refractivity contribution in [1.29, 1.82) is 0 Å². The molecule has 21 heavy (non-hydrogen) atoms. The van der Waals surface area contributed by atoms with Crippen LogP contribution in [0.3, 0.4) is 0 Å². The number of rotatable bonds is 5. The summed E-state index contributed by atoms with van der Waals surface area (Å²) in [5, 5.41) is 3.33. The Labute approximate surface area is 124 Å². The molecule has 0 aliphatic carbocycles. The first kappa shape index (κ1) is 15.9. The first-order chi connectivity index (χ1) is 10.2. The summed E-state index contributed by atoms with van der Waals surface area (Å²) in [6.07, 6.45) is 2.14. The fourth-order valence-corrected chi connectivity index (χ4v) is 2.81. The zero-order valence-electron chi connectivity index (χ0n) is 12.4. The Morgan fingerprint density at radius 1 is 1.48 bits per heavy atom. The Balaban J connectivity index is 2.14. The number of amides is 1. The van der Waals surface area contributed by atoms with Crippen LogP contribution in [-0.2, 0) is 6.54 Å². The molecular weight excluding hydrogens is 271 g/mol. The lowest BCUT2D eigenvalue weighted by Crippen LogP contribution is -2.42. The summed E-state index contributed by atoms with van der Waals surface area (Å²) in [5.74, 6) is 4.44. The van der Waals surface area contributed by atoms with Crippen molar-refractivity contribution in [3.63, 3.8) is 0 Å². The highest BCUT2D eigenvalue weighted by molar-refractivity contribution is 5.93. The van der Waals surface area contributed by atoms with Crippen LogP contribution in [0.2, 0.25) is 0 Å². The SMILES string of the molecule is CCN(Cc1cc(C(=O)NN)ccc1F)C1CCNCC1. The molecule has 6 heteroatoms. The second kappa shape index (κ2) is 7.49. The third kappa shape index (κ3) is 4.00. The third-order valence-electron chi connectivity index (χ3n) is 4.04. The number of halogens is 1. The molecule has 1 aliphatic heterocycles. The molecule has 0 atom stereocenters. The molecule has 0 unspecified atom stereocenters. The van der Waals surface area contributed by atoms with E-state index in [0.29, 0.717) is 23.7 Å². The Morgan fingerprint density at radius 3 is 2.81 bits per heavy atom. The van der Waals surface area contributed by atoms with Gasteiger partial charge in [0.2, 0.25) is 0 Å². The predicted molar refractivity (Wildman–Crippen MR) is 80.0 cm³/mol. The van der Waals surface area contributed by atoms with Gasteiger partial charge in [0.05, 0.1) is 0 Å². The summed E-state index contributed by atoms with van der Waals surface area (Å²) in [4.78, 5) is 13.8. The average molecular weight is 294 g/mol. The molecule has 1 aliphatic rings. The van der Waals surface area contributed by atoms with Crippen molar-refractivity contribution in [2.75, 3.05) is 19.6 Å². The third-order valence-corrected chi connectivity index (χ3v) is 4.04.